The van der Waals surface area contributed by atoms with E-state index in [-0.39, 0.29) is 11.7 Å². The predicted molar refractivity (Wildman–Crippen MR) is 94.9 cm³/mol. The van der Waals surface area contributed by atoms with Crippen molar-refractivity contribution in [3.05, 3.63) is 71.8 Å². The number of carbonyl (C=O) groups excluding carboxylic acids is 2. The van der Waals surface area contributed by atoms with Crippen molar-refractivity contribution in [2.75, 3.05) is 20.3 Å². The van der Waals surface area contributed by atoms with Crippen LogP contribution in [-0.4, -0.2) is 31.4 Å². The molecule has 0 aliphatic carbocycles. The van der Waals surface area contributed by atoms with E-state index in [0.717, 1.165) is 17.3 Å². The van der Waals surface area contributed by atoms with Gasteiger partial charge in [-0.3, -0.25) is 4.79 Å². The second-order valence-electron chi connectivity index (χ2n) is 4.79. The Balaban J connectivity index is 1.80. The summed E-state index contributed by atoms with van der Waals surface area (Å²) in [5.74, 6) is -0.461. The van der Waals surface area contributed by atoms with Crippen molar-refractivity contribution in [3.63, 3.8) is 0 Å². The number of benzene rings is 2. The number of ether oxygens (including phenoxy) is 2. The third-order valence-electron chi connectivity index (χ3n) is 3.06. The smallest absolute Gasteiger partial charge is 0.339 e. The van der Waals surface area contributed by atoms with E-state index in [1.807, 2.05) is 42.5 Å². The van der Waals surface area contributed by atoms with E-state index in [9.17, 15) is 9.59 Å². The summed E-state index contributed by atoms with van der Waals surface area (Å²) in [4.78, 5) is 24.2. The number of esters is 1. The highest BCUT2D eigenvalue weighted by Gasteiger charge is 2.14. The SMILES string of the molecule is COC(=O)c1ccccc1SC(=O)COC/C=C\c1ccccc1. The predicted octanol–water partition coefficient (Wildman–Crippen LogP) is 3.82. The first-order valence-corrected chi connectivity index (χ1v) is 8.19. The van der Waals surface area contributed by atoms with Gasteiger partial charge in [-0.15, -0.1) is 0 Å². The van der Waals surface area contributed by atoms with Crippen LogP contribution in [-0.2, 0) is 14.3 Å². The molecule has 0 unspecified atom stereocenters. The minimum absolute atomic E-state index is 0.0285. The molecule has 0 amide bonds. The molecule has 2 rings (SSSR count). The standard InChI is InChI=1S/C19H18O4S/c1-22-19(21)16-11-5-6-12-17(16)24-18(20)14-23-13-7-10-15-8-3-2-4-9-15/h2-12H,13-14H2,1H3/b10-7-. The molecule has 0 N–H and O–H groups in total. The summed E-state index contributed by atoms with van der Waals surface area (Å²) in [7, 11) is 1.31. The third-order valence-corrected chi connectivity index (χ3v) is 3.98. The molecule has 0 spiro atoms. The van der Waals surface area contributed by atoms with Gasteiger partial charge in [-0.05, 0) is 29.5 Å². The van der Waals surface area contributed by atoms with Gasteiger partial charge in [-0.25, -0.2) is 4.79 Å². The monoisotopic (exact) mass is 342 g/mol. The maximum Gasteiger partial charge on any atom is 0.339 e. The molecule has 0 bridgehead atoms. The van der Waals surface area contributed by atoms with Crippen LogP contribution in [0.5, 0.6) is 0 Å². The van der Waals surface area contributed by atoms with E-state index in [1.54, 1.807) is 24.3 Å². The highest BCUT2D eigenvalue weighted by atomic mass is 32.2. The highest BCUT2D eigenvalue weighted by molar-refractivity contribution is 8.13. The van der Waals surface area contributed by atoms with E-state index in [4.69, 9.17) is 9.47 Å². The average molecular weight is 342 g/mol. The Morgan fingerprint density at radius 2 is 1.75 bits per heavy atom. The average Bonchev–Trinajstić information content (AvgIpc) is 2.62. The fraction of sp³-hybridized carbons (Fsp3) is 0.158. The molecule has 24 heavy (non-hydrogen) atoms. The summed E-state index contributed by atoms with van der Waals surface area (Å²) in [6.07, 6.45) is 3.79. The maximum absolute atomic E-state index is 12.0. The molecule has 2 aromatic rings. The minimum Gasteiger partial charge on any atom is -0.465 e. The van der Waals surface area contributed by atoms with Gasteiger partial charge in [0, 0.05) is 4.90 Å². The zero-order valence-corrected chi connectivity index (χ0v) is 14.1. The zero-order valence-electron chi connectivity index (χ0n) is 13.3. The fourth-order valence-corrected chi connectivity index (χ4v) is 2.74. The third kappa shape index (κ3) is 5.68. The van der Waals surface area contributed by atoms with Crippen molar-refractivity contribution in [2.24, 2.45) is 0 Å². The number of methoxy groups -OCH3 is 1. The van der Waals surface area contributed by atoms with Gasteiger partial charge in [0.2, 0.25) is 5.12 Å². The van der Waals surface area contributed by atoms with Crippen molar-refractivity contribution in [3.8, 4) is 0 Å². The number of hydrogen-bond acceptors (Lipinski definition) is 5. The van der Waals surface area contributed by atoms with Gasteiger partial charge in [-0.2, -0.15) is 0 Å². The van der Waals surface area contributed by atoms with Gasteiger partial charge >= 0.3 is 5.97 Å². The first-order chi connectivity index (χ1) is 11.7. The molecule has 0 aromatic heterocycles. The lowest BCUT2D eigenvalue weighted by molar-refractivity contribution is -0.114. The quantitative estimate of drug-likeness (QED) is 0.435. The number of carbonyl (C=O) groups is 2. The van der Waals surface area contributed by atoms with Gasteiger partial charge < -0.3 is 9.47 Å². The van der Waals surface area contributed by atoms with Crippen LogP contribution in [0.15, 0.2) is 65.6 Å². The van der Waals surface area contributed by atoms with Crippen LogP contribution in [0.25, 0.3) is 6.08 Å². The van der Waals surface area contributed by atoms with Gasteiger partial charge in [0.25, 0.3) is 0 Å². The van der Waals surface area contributed by atoms with Crippen LogP contribution < -0.4 is 0 Å². The van der Waals surface area contributed by atoms with E-state index in [2.05, 4.69) is 0 Å². The number of thioether (sulfide) groups is 1. The molecule has 0 saturated heterocycles. The lowest BCUT2D eigenvalue weighted by atomic mass is 10.2. The lowest BCUT2D eigenvalue weighted by Crippen LogP contribution is -2.07. The Bertz CT molecular complexity index is 710. The molecule has 124 valence electrons. The number of hydrogen-bond donors (Lipinski definition) is 0. The Kier molecular flexibility index (Phi) is 7.26. The molecular weight excluding hydrogens is 324 g/mol. The molecule has 0 fully saturated rings. The second kappa shape index (κ2) is 9.70. The van der Waals surface area contributed by atoms with Gasteiger partial charge in [0.1, 0.15) is 6.61 Å². The Hall–Kier alpha value is -2.37. The normalized spacial score (nSPS) is 10.7. The van der Waals surface area contributed by atoms with Crippen molar-refractivity contribution < 1.29 is 19.1 Å². The molecule has 2 aromatic carbocycles. The minimum atomic E-state index is -0.461. The largest absolute Gasteiger partial charge is 0.465 e. The molecule has 4 nitrogen and oxygen atoms in total. The van der Waals surface area contributed by atoms with Crippen molar-refractivity contribution in [1.29, 1.82) is 0 Å². The molecule has 0 atom stereocenters. The Labute approximate surface area is 145 Å². The van der Waals surface area contributed by atoms with E-state index in [1.165, 1.54) is 7.11 Å². The summed E-state index contributed by atoms with van der Waals surface area (Å²) in [6.45, 7) is 0.319. The summed E-state index contributed by atoms with van der Waals surface area (Å²) in [5, 5.41) is -0.167. The Morgan fingerprint density at radius 3 is 2.50 bits per heavy atom. The van der Waals surface area contributed by atoms with Crippen molar-refractivity contribution in [2.45, 2.75) is 4.90 Å². The first kappa shape index (κ1) is 18.0. The van der Waals surface area contributed by atoms with Crippen molar-refractivity contribution >= 4 is 28.9 Å². The van der Waals surface area contributed by atoms with E-state index >= 15 is 0 Å². The topological polar surface area (TPSA) is 52.6 Å². The number of rotatable bonds is 7. The van der Waals surface area contributed by atoms with Crippen LogP contribution in [0.3, 0.4) is 0 Å². The highest BCUT2D eigenvalue weighted by Crippen LogP contribution is 2.24. The Morgan fingerprint density at radius 1 is 1.04 bits per heavy atom. The maximum atomic E-state index is 12.0. The lowest BCUT2D eigenvalue weighted by Gasteiger charge is -2.06. The van der Waals surface area contributed by atoms with Crippen LogP contribution >= 0.6 is 11.8 Å². The van der Waals surface area contributed by atoms with Crippen molar-refractivity contribution in [1.82, 2.24) is 0 Å². The van der Waals surface area contributed by atoms with Crippen LogP contribution in [0.1, 0.15) is 15.9 Å². The molecule has 0 aliphatic heterocycles. The van der Waals surface area contributed by atoms with E-state index < -0.39 is 5.97 Å². The molecule has 5 heteroatoms. The molecule has 0 saturated carbocycles. The molecule has 0 aliphatic rings. The first-order valence-electron chi connectivity index (χ1n) is 7.38. The van der Waals surface area contributed by atoms with Crippen LogP contribution in [0, 0.1) is 0 Å². The zero-order chi connectivity index (χ0) is 17.2. The van der Waals surface area contributed by atoms with Crippen LogP contribution in [0.2, 0.25) is 0 Å². The van der Waals surface area contributed by atoms with Gasteiger partial charge in [0.15, 0.2) is 0 Å². The van der Waals surface area contributed by atoms with E-state index in [0.29, 0.717) is 17.1 Å². The van der Waals surface area contributed by atoms with Crippen LogP contribution in [0.4, 0.5) is 0 Å². The molecule has 0 heterocycles. The van der Waals surface area contributed by atoms with Gasteiger partial charge in [-0.1, -0.05) is 54.6 Å². The summed E-state index contributed by atoms with van der Waals surface area (Å²) in [5.41, 5.74) is 1.45. The molecular formula is C19H18O4S. The molecule has 0 radical (unpaired) electrons. The van der Waals surface area contributed by atoms with Gasteiger partial charge in [0.05, 0.1) is 19.3 Å². The summed E-state index contributed by atoms with van der Waals surface area (Å²) in [6, 6.07) is 16.7. The summed E-state index contributed by atoms with van der Waals surface area (Å²) < 4.78 is 10.1. The summed E-state index contributed by atoms with van der Waals surface area (Å²) >= 11 is 0.979. The fourth-order valence-electron chi connectivity index (χ4n) is 1.94. The second-order valence-corrected chi connectivity index (χ2v) is 5.89.